The average Bonchev–Trinajstić information content (AvgIpc) is 3.89. The van der Waals surface area contributed by atoms with Gasteiger partial charge in [-0.05, 0) is 87.3 Å². The molecule has 1 aliphatic heterocycles. The first-order chi connectivity index (χ1) is 27.8. The maximum Gasteiger partial charge on any atom is 0.0735 e. The van der Waals surface area contributed by atoms with E-state index in [1.165, 1.54) is 103 Å². The van der Waals surface area contributed by atoms with Gasteiger partial charge in [0.15, 0.2) is 0 Å². The summed E-state index contributed by atoms with van der Waals surface area (Å²) in [5, 5.41) is 7.60. The van der Waals surface area contributed by atoms with E-state index in [9.17, 15) is 0 Å². The van der Waals surface area contributed by atoms with Crippen molar-refractivity contribution >= 4 is 66.1 Å². The van der Waals surface area contributed by atoms with Crippen LogP contribution >= 0.6 is 11.8 Å². The number of fused-ring (bicyclic) bond motifs is 18. The van der Waals surface area contributed by atoms with E-state index in [1.807, 2.05) is 11.8 Å². The lowest BCUT2D eigenvalue weighted by Crippen LogP contribution is -2.32. The molecule has 0 saturated carbocycles. The van der Waals surface area contributed by atoms with Crippen molar-refractivity contribution in [3.05, 3.63) is 216 Å². The predicted octanol–water partition coefficient (Wildman–Crippen LogP) is 13.9. The van der Waals surface area contributed by atoms with E-state index in [0.29, 0.717) is 0 Å². The summed E-state index contributed by atoms with van der Waals surface area (Å²) < 4.78 is 4.95. The van der Waals surface area contributed by atoms with E-state index in [4.69, 9.17) is 0 Å². The zero-order valence-electron chi connectivity index (χ0n) is 30.3. The summed E-state index contributed by atoms with van der Waals surface area (Å²) in [7, 11) is 0. The number of hydrogen-bond donors (Lipinski definition) is 0. The molecule has 3 heteroatoms. The molecule has 9 aromatic carbocycles. The third-order valence-electron chi connectivity index (χ3n) is 12.6. The van der Waals surface area contributed by atoms with Crippen LogP contribution in [0.15, 0.2) is 204 Å². The summed E-state index contributed by atoms with van der Waals surface area (Å²) in [6, 6.07) is 72.4. The molecule has 0 unspecified atom stereocenters. The Bertz CT molecular complexity index is 3410. The first-order valence-electron chi connectivity index (χ1n) is 19.4. The van der Waals surface area contributed by atoms with Gasteiger partial charge in [-0.1, -0.05) is 157 Å². The Morgan fingerprint density at radius 1 is 0.375 bits per heavy atom. The van der Waals surface area contributed by atoms with Crippen molar-refractivity contribution in [1.82, 2.24) is 9.13 Å². The summed E-state index contributed by atoms with van der Waals surface area (Å²) in [6.07, 6.45) is 0. The van der Waals surface area contributed by atoms with Gasteiger partial charge in [0.25, 0.3) is 0 Å². The minimum Gasteiger partial charge on any atom is -0.309 e. The van der Waals surface area contributed by atoms with Crippen LogP contribution in [-0.4, -0.2) is 9.13 Å². The first kappa shape index (κ1) is 30.5. The van der Waals surface area contributed by atoms with E-state index >= 15 is 0 Å². The summed E-state index contributed by atoms with van der Waals surface area (Å²) in [5.74, 6) is 0. The molecule has 2 aliphatic rings. The molecule has 56 heavy (non-hydrogen) atoms. The molecule has 2 aromatic heterocycles. The highest BCUT2D eigenvalue weighted by Gasteiger charge is 2.50. The van der Waals surface area contributed by atoms with Crippen molar-refractivity contribution < 1.29 is 0 Å². The highest BCUT2D eigenvalue weighted by atomic mass is 32.2. The number of aromatic nitrogens is 2. The minimum absolute atomic E-state index is 0.429. The van der Waals surface area contributed by atoms with Gasteiger partial charge < -0.3 is 9.13 Å². The van der Waals surface area contributed by atoms with Crippen molar-refractivity contribution in [1.29, 1.82) is 0 Å². The summed E-state index contributed by atoms with van der Waals surface area (Å²) >= 11 is 1.94. The molecule has 0 saturated heterocycles. The van der Waals surface area contributed by atoms with Crippen LogP contribution in [0.5, 0.6) is 0 Å². The molecule has 0 amide bonds. The lowest BCUT2D eigenvalue weighted by Gasteiger charge is -2.40. The molecule has 13 rings (SSSR count). The number of para-hydroxylation sites is 2. The molecule has 0 N–H and O–H groups in total. The van der Waals surface area contributed by atoms with Crippen LogP contribution in [0.1, 0.15) is 22.3 Å². The lowest BCUT2D eigenvalue weighted by molar-refractivity contribution is 0.726. The van der Waals surface area contributed by atoms with Crippen LogP contribution in [-0.2, 0) is 5.41 Å². The molecule has 1 aliphatic carbocycles. The number of hydrogen-bond acceptors (Lipinski definition) is 1. The molecule has 0 bridgehead atoms. The van der Waals surface area contributed by atoms with Gasteiger partial charge in [-0.2, -0.15) is 0 Å². The normalized spacial score (nSPS) is 13.8. The second-order valence-electron chi connectivity index (χ2n) is 15.2. The highest BCUT2D eigenvalue weighted by Crippen LogP contribution is 2.63. The molecule has 0 radical (unpaired) electrons. The average molecular weight is 729 g/mol. The fourth-order valence-electron chi connectivity index (χ4n) is 10.4. The Morgan fingerprint density at radius 2 is 1.02 bits per heavy atom. The van der Waals surface area contributed by atoms with Gasteiger partial charge in [0.2, 0.25) is 0 Å². The van der Waals surface area contributed by atoms with Crippen molar-refractivity contribution in [3.8, 4) is 22.5 Å². The zero-order valence-corrected chi connectivity index (χ0v) is 31.1. The van der Waals surface area contributed by atoms with Crippen molar-refractivity contribution in [2.75, 3.05) is 0 Å². The molecule has 11 aromatic rings. The monoisotopic (exact) mass is 728 g/mol. The van der Waals surface area contributed by atoms with Crippen LogP contribution in [0.25, 0.3) is 76.9 Å². The fourth-order valence-corrected chi connectivity index (χ4v) is 11.7. The van der Waals surface area contributed by atoms with Crippen LogP contribution < -0.4 is 0 Å². The fraction of sp³-hybridized carbons (Fsp3) is 0.0189. The summed E-state index contributed by atoms with van der Waals surface area (Å²) in [6.45, 7) is 0. The molecule has 0 fully saturated rings. The van der Waals surface area contributed by atoms with Gasteiger partial charge in [-0.25, -0.2) is 0 Å². The zero-order chi connectivity index (χ0) is 36.5. The van der Waals surface area contributed by atoms with Gasteiger partial charge in [-0.15, -0.1) is 0 Å². The van der Waals surface area contributed by atoms with Crippen molar-refractivity contribution in [3.63, 3.8) is 0 Å². The molecular weight excluding hydrogens is 697 g/mol. The first-order valence-corrected chi connectivity index (χ1v) is 20.2. The summed E-state index contributed by atoms with van der Waals surface area (Å²) in [4.78, 5) is 2.66. The molecule has 1 spiro atoms. The van der Waals surface area contributed by atoms with Crippen LogP contribution in [0, 0.1) is 0 Å². The van der Waals surface area contributed by atoms with Gasteiger partial charge in [0.1, 0.15) is 0 Å². The van der Waals surface area contributed by atoms with Gasteiger partial charge >= 0.3 is 0 Å². The van der Waals surface area contributed by atoms with Crippen molar-refractivity contribution in [2.45, 2.75) is 15.2 Å². The number of nitrogens with zero attached hydrogens (tertiary/aromatic N) is 2. The van der Waals surface area contributed by atoms with Crippen LogP contribution in [0.2, 0.25) is 0 Å². The Hall–Kier alpha value is -6.81. The Morgan fingerprint density at radius 3 is 1.84 bits per heavy atom. The Balaban J connectivity index is 1.17. The lowest BCUT2D eigenvalue weighted by atomic mass is 9.67. The van der Waals surface area contributed by atoms with Crippen LogP contribution in [0.4, 0.5) is 0 Å². The highest BCUT2D eigenvalue weighted by molar-refractivity contribution is 7.99. The minimum atomic E-state index is -0.429. The molecular formula is C53H32N2S. The molecule has 260 valence electrons. The Kier molecular flexibility index (Phi) is 6.06. The third kappa shape index (κ3) is 3.78. The van der Waals surface area contributed by atoms with Gasteiger partial charge in [0, 0.05) is 48.1 Å². The Labute approximate surface area is 327 Å². The molecule has 2 nitrogen and oxygen atoms in total. The third-order valence-corrected chi connectivity index (χ3v) is 13.8. The van der Waals surface area contributed by atoms with Crippen LogP contribution in [0.3, 0.4) is 0 Å². The van der Waals surface area contributed by atoms with E-state index < -0.39 is 5.41 Å². The SMILES string of the molecule is c1ccc(-n2c3ccccc3c3cc(-n4c5ccc6c(c5c5ccc7ccccc7c54)Sc4ccccc4C64c5ccccc5-c5ccccc54)ccc32)cc1. The molecule has 3 heterocycles. The van der Waals surface area contributed by atoms with Crippen molar-refractivity contribution in [2.24, 2.45) is 0 Å². The largest absolute Gasteiger partial charge is 0.309 e. The van der Waals surface area contributed by atoms with E-state index in [-0.39, 0.29) is 0 Å². The maximum absolute atomic E-state index is 2.55. The predicted molar refractivity (Wildman–Crippen MR) is 234 cm³/mol. The topological polar surface area (TPSA) is 9.86 Å². The van der Waals surface area contributed by atoms with Gasteiger partial charge in [0.05, 0.1) is 27.5 Å². The van der Waals surface area contributed by atoms with E-state index in [0.717, 1.165) is 5.69 Å². The maximum atomic E-state index is 2.55. The van der Waals surface area contributed by atoms with Gasteiger partial charge in [-0.3, -0.25) is 0 Å². The second-order valence-corrected chi connectivity index (χ2v) is 16.2. The van der Waals surface area contributed by atoms with E-state index in [1.54, 1.807) is 0 Å². The number of rotatable bonds is 2. The second kappa shape index (κ2) is 11.1. The van der Waals surface area contributed by atoms with E-state index in [2.05, 4.69) is 203 Å². The standard InChI is InChI=1S/C53H32N2S/c1-2-15-34(16-3-1)54-46-24-12-8-20-39(46)41-32-35(27-30-47(41)54)55-48-31-29-45-52(50(48)40-28-26-33-14-4-5-17-36(33)51(40)55)56-49-25-13-11-23-44(49)53(45)42-21-9-6-18-37(42)38-19-7-10-22-43(38)53/h1-32H. The number of benzene rings is 9. The quantitative estimate of drug-likeness (QED) is 0.172. The smallest absolute Gasteiger partial charge is 0.0735 e. The summed E-state index contributed by atoms with van der Waals surface area (Å²) in [5.41, 5.74) is 14.9. The molecule has 0 atom stereocenters.